The maximum atomic E-state index is 11.9. The maximum absolute atomic E-state index is 11.9. The summed E-state index contributed by atoms with van der Waals surface area (Å²) in [4.78, 5) is 31.8. The molecule has 0 atom stereocenters. The lowest BCUT2D eigenvalue weighted by Gasteiger charge is -2.08. The molecular weight excluding hydrogens is 320 g/mol. The monoisotopic (exact) mass is 342 g/mol. The van der Waals surface area contributed by atoms with E-state index in [0.29, 0.717) is 30.5 Å². The molecule has 1 amide bonds. The van der Waals surface area contributed by atoms with Gasteiger partial charge in [0.05, 0.1) is 24.6 Å². The number of carbonyl (C=O) groups is 2. The van der Waals surface area contributed by atoms with Gasteiger partial charge in [-0.25, -0.2) is 14.8 Å². The Balaban J connectivity index is 1.96. The predicted octanol–water partition coefficient (Wildman–Crippen LogP) is 2.78. The number of anilines is 2. The number of nitrogens with zero attached hydrogens (tertiary/aromatic N) is 2. The minimum absolute atomic E-state index is 0.244. The third kappa shape index (κ3) is 5.56. The zero-order valence-electron chi connectivity index (χ0n) is 14.6. The van der Waals surface area contributed by atoms with Gasteiger partial charge in [-0.05, 0) is 37.1 Å². The third-order valence-corrected chi connectivity index (χ3v) is 3.22. The second-order valence-electron chi connectivity index (χ2n) is 5.81. The largest absolute Gasteiger partial charge is 0.462 e. The van der Waals surface area contributed by atoms with Crippen LogP contribution in [0.1, 0.15) is 41.6 Å². The quantitative estimate of drug-likeness (QED) is 0.752. The Bertz CT molecular complexity index is 712. The third-order valence-electron chi connectivity index (χ3n) is 3.22. The number of carbonyl (C=O) groups excluding carboxylic acids is 2. The summed E-state index contributed by atoms with van der Waals surface area (Å²) in [5.74, 6) is 0.275. The summed E-state index contributed by atoms with van der Waals surface area (Å²) >= 11 is 0. The van der Waals surface area contributed by atoms with Crippen LogP contribution in [0.4, 0.5) is 11.5 Å². The Morgan fingerprint density at radius 2 is 1.84 bits per heavy atom. The van der Waals surface area contributed by atoms with Crippen LogP contribution in [0.3, 0.4) is 0 Å². The molecule has 1 aromatic carbocycles. The van der Waals surface area contributed by atoms with Gasteiger partial charge in [0, 0.05) is 12.2 Å². The summed E-state index contributed by atoms with van der Waals surface area (Å²) in [6, 6.07) is 6.83. The van der Waals surface area contributed by atoms with E-state index in [-0.39, 0.29) is 17.6 Å². The number of aromatic nitrogens is 2. The molecule has 2 rings (SSSR count). The molecule has 25 heavy (non-hydrogen) atoms. The van der Waals surface area contributed by atoms with E-state index in [1.165, 1.54) is 12.4 Å². The van der Waals surface area contributed by atoms with Crippen molar-refractivity contribution in [2.45, 2.75) is 20.8 Å². The Morgan fingerprint density at radius 3 is 2.40 bits per heavy atom. The van der Waals surface area contributed by atoms with E-state index in [0.717, 1.165) is 5.69 Å². The number of ether oxygens (including phenoxy) is 1. The van der Waals surface area contributed by atoms with E-state index in [4.69, 9.17) is 4.74 Å². The number of esters is 1. The van der Waals surface area contributed by atoms with Gasteiger partial charge in [-0.15, -0.1) is 0 Å². The predicted molar refractivity (Wildman–Crippen MR) is 94.9 cm³/mol. The van der Waals surface area contributed by atoms with Crippen molar-refractivity contribution in [1.82, 2.24) is 15.3 Å². The molecular formula is C18H22N4O3. The first-order chi connectivity index (χ1) is 12.0. The highest BCUT2D eigenvalue weighted by Gasteiger charge is 2.09. The minimum atomic E-state index is -0.356. The zero-order valence-corrected chi connectivity index (χ0v) is 14.6. The molecule has 0 radical (unpaired) electrons. The molecule has 2 aromatic rings. The van der Waals surface area contributed by atoms with Gasteiger partial charge < -0.3 is 15.4 Å². The van der Waals surface area contributed by atoms with E-state index in [1.54, 1.807) is 31.2 Å². The lowest BCUT2D eigenvalue weighted by molar-refractivity contribution is 0.0526. The van der Waals surface area contributed by atoms with Crippen LogP contribution in [0.2, 0.25) is 0 Å². The van der Waals surface area contributed by atoms with E-state index >= 15 is 0 Å². The van der Waals surface area contributed by atoms with Gasteiger partial charge in [-0.2, -0.15) is 0 Å². The highest BCUT2D eigenvalue weighted by Crippen LogP contribution is 2.15. The minimum Gasteiger partial charge on any atom is -0.462 e. The van der Waals surface area contributed by atoms with Gasteiger partial charge in [0.1, 0.15) is 11.5 Å². The SMILES string of the molecule is CCOC(=O)c1ccc(Nc2cnc(C(=O)NCC(C)C)cn2)cc1. The second kappa shape index (κ2) is 8.77. The Hall–Kier alpha value is -2.96. The van der Waals surface area contributed by atoms with Crippen LogP contribution in [-0.4, -0.2) is 35.0 Å². The molecule has 0 aliphatic heterocycles. The lowest BCUT2D eigenvalue weighted by Crippen LogP contribution is -2.28. The summed E-state index contributed by atoms with van der Waals surface area (Å²) in [6.07, 6.45) is 2.91. The lowest BCUT2D eigenvalue weighted by atomic mass is 10.2. The van der Waals surface area contributed by atoms with Gasteiger partial charge in [-0.3, -0.25) is 4.79 Å². The molecule has 0 saturated heterocycles. The van der Waals surface area contributed by atoms with Crippen LogP contribution >= 0.6 is 0 Å². The molecule has 7 nitrogen and oxygen atoms in total. The second-order valence-corrected chi connectivity index (χ2v) is 5.81. The highest BCUT2D eigenvalue weighted by molar-refractivity contribution is 5.92. The molecule has 0 aliphatic carbocycles. The van der Waals surface area contributed by atoms with Crippen molar-refractivity contribution < 1.29 is 14.3 Å². The summed E-state index contributed by atoms with van der Waals surface area (Å²) in [5, 5.41) is 5.85. The molecule has 132 valence electrons. The first-order valence-corrected chi connectivity index (χ1v) is 8.14. The van der Waals surface area contributed by atoms with Crippen LogP contribution < -0.4 is 10.6 Å². The zero-order chi connectivity index (χ0) is 18.2. The van der Waals surface area contributed by atoms with Crippen molar-refractivity contribution in [1.29, 1.82) is 0 Å². The number of rotatable bonds is 7. The van der Waals surface area contributed by atoms with Gasteiger partial charge in [0.15, 0.2) is 0 Å². The molecule has 0 spiro atoms. The molecule has 0 fully saturated rings. The number of hydrogen-bond donors (Lipinski definition) is 2. The summed E-state index contributed by atoms with van der Waals surface area (Å²) in [6.45, 7) is 6.73. The number of hydrogen-bond acceptors (Lipinski definition) is 6. The van der Waals surface area contributed by atoms with Crippen molar-refractivity contribution in [2.75, 3.05) is 18.5 Å². The van der Waals surface area contributed by atoms with E-state index in [1.807, 2.05) is 13.8 Å². The number of nitrogens with one attached hydrogen (secondary N) is 2. The molecule has 0 saturated carbocycles. The molecule has 1 heterocycles. The highest BCUT2D eigenvalue weighted by atomic mass is 16.5. The van der Waals surface area contributed by atoms with Crippen LogP contribution in [-0.2, 0) is 4.74 Å². The molecule has 0 bridgehead atoms. The van der Waals surface area contributed by atoms with Gasteiger partial charge >= 0.3 is 5.97 Å². The smallest absolute Gasteiger partial charge is 0.338 e. The average molecular weight is 342 g/mol. The van der Waals surface area contributed by atoms with Crippen LogP contribution in [0.25, 0.3) is 0 Å². The molecule has 1 aromatic heterocycles. The van der Waals surface area contributed by atoms with Crippen LogP contribution in [0, 0.1) is 5.92 Å². The number of amides is 1. The fourth-order valence-electron chi connectivity index (χ4n) is 1.95. The summed E-state index contributed by atoms with van der Waals surface area (Å²) < 4.78 is 4.94. The first-order valence-electron chi connectivity index (χ1n) is 8.14. The summed E-state index contributed by atoms with van der Waals surface area (Å²) in [7, 11) is 0. The van der Waals surface area contributed by atoms with Crippen molar-refractivity contribution >= 4 is 23.4 Å². The molecule has 0 unspecified atom stereocenters. The normalized spacial score (nSPS) is 10.4. The first kappa shape index (κ1) is 18.4. The van der Waals surface area contributed by atoms with Crippen molar-refractivity contribution in [3.63, 3.8) is 0 Å². The van der Waals surface area contributed by atoms with Gasteiger partial charge in [0.2, 0.25) is 0 Å². The van der Waals surface area contributed by atoms with Crippen molar-refractivity contribution in [3.8, 4) is 0 Å². The van der Waals surface area contributed by atoms with Gasteiger partial charge in [-0.1, -0.05) is 13.8 Å². The topological polar surface area (TPSA) is 93.2 Å². The summed E-state index contributed by atoms with van der Waals surface area (Å²) in [5.41, 5.74) is 1.50. The van der Waals surface area contributed by atoms with Crippen molar-refractivity contribution in [2.24, 2.45) is 5.92 Å². The van der Waals surface area contributed by atoms with Crippen molar-refractivity contribution in [3.05, 3.63) is 47.9 Å². The molecule has 0 aliphatic rings. The van der Waals surface area contributed by atoms with E-state index in [9.17, 15) is 9.59 Å². The fraction of sp³-hybridized carbons (Fsp3) is 0.333. The Kier molecular flexibility index (Phi) is 6.45. The molecule has 7 heteroatoms. The van der Waals surface area contributed by atoms with E-state index in [2.05, 4.69) is 20.6 Å². The Morgan fingerprint density at radius 1 is 1.12 bits per heavy atom. The number of benzene rings is 1. The Labute approximate surface area is 146 Å². The standard InChI is InChI=1S/C18H22N4O3/c1-4-25-18(24)13-5-7-14(8-6-13)22-16-11-19-15(10-20-16)17(23)21-9-12(2)3/h5-8,10-12H,4,9H2,1-3H3,(H,20,22)(H,21,23). The van der Waals surface area contributed by atoms with Crippen LogP contribution in [0.5, 0.6) is 0 Å². The average Bonchev–Trinajstić information content (AvgIpc) is 2.61. The van der Waals surface area contributed by atoms with Crippen LogP contribution in [0.15, 0.2) is 36.7 Å². The fourth-order valence-corrected chi connectivity index (χ4v) is 1.95. The van der Waals surface area contributed by atoms with Gasteiger partial charge in [0.25, 0.3) is 5.91 Å². The molecule has 2 N–H and O–H groups in total. The maximum Gasteiger partial charge on any atom is 0.338 e. The van der Waals surface area contributed by atoms with E-state index < -0.39 is 0 Å².